The molecule has 0 aliphatic heterocycles. The summed E-state index contributed by atoms with van der Waals surface area (Å²) in [5.41, 5.74) is 6.27. The number of benzene rings is 1. The molecular weight excluding hydrogens is 246 g/mol. The Hall–Kier alpha value is -2.15. The molecule has 2 N–H and O–H groups in total. The zero-order valence-electron chi connectivity index (χ0n) is 11.0. The van der Waals surface area contributed by atoms with E-state index in [0.717, 1.165) is 12.0 Å². The smallest absolute Gasteiger partial charge is 0.205 e. The number of rotatable bonds is 6. The fraction of sp³-hybridized carbons (Fsp3) is 0.417. The largest absolute Gasteiger partial charge is 0.493 e. The normalized spacial score (nSPS) is 10.5. The molecule has 19 heavy (non-hydrogen) atoms. The zero-order valence-corrected chi connectivity index (χ0v) is 11.0. The maximum Gasteiger partial charge on any atom is 0.205 e. The maximum absolute atomic E-state index is 5.44. The van der Waals surface area contributed by atoms with Gasteiger partial charge in [0.2, 0.25) is 5.82 Å². The first-order valence-corrected chi connectivity index (χ1v) is 5.98. The van der Waals surface area contributed by atoms with E-state index in [-0.39, 0.29) is 0 Å². The molecule has 7 heteroatoms. The average Bonchev–Trinajstić information content (AvgIpc) is 2.93. The van der Waals surface area contributed by atoms with Gasteiger partial charge >= 0.3 is 0 Å². The van der Waals surface area contributed by atoms with E-state index in [1.54, 1.807) is 19.0 Å². The Bertz CT molecular complexity index is 541. The summed E-state index contributed by atoms with van der Waals surface area (Å²) < 4.78 is 10.4. The van der Waals surface area contributed by atoms with Crippen molar-refractivity contribution in [3.8, 4) is 22.9 Å². The third-order valence-electron chi connectivity index (χ3n) is 2.66. The van der Waals surface area contributed by atoms with Crippen LogP contribution < -0.4 is 15.2 Å². The summed E-state index contributed by atoms with van der Waals surface area (Å²) in [7, 11) is 3.19. The third-order valence-corrected chi connectivity index (χ3v) is 2.66. The lowest BCUT2D eigenvalue weighted by Crippen LogP contribution is -2.08. The Labute approximate surface area is 111 Å². The predicted molar refractivity (Wildman–Crippen MR) is 70.0 cm³/mol. The first kappa shape index (κ1) is 13.3. The van der Waals surface area contributed by atoms with Gasteiger partial charge < -0.3 is 15.2 Å². The third kappa shape index (κ3) is 3.00. The summed E-state index contributed by atoms with van der Waals surface area (Å²) in [5, 5.41) is 12.3. The number of nitrogens with zero attached hydrogens (tertiary/aromatic N) is 4. The molecule has 0 saturated heterocycles. The minimum atomic E-state index is 0.554. The second-order valence-electron chi connectivity index (χ2n) is 3.92. The molecule has 0 fully saturated rings. The number of aryl methyl sites for hydroxylation is 1. The van der Waals surface area contributed by atoms with Crippen molar-refractivity contribution in [1.29, 1.82) is 0 Å². The van der Waals surface area contributed by atoms with Gasteiger partial charge in [-0.15, -0.1) is 10.2 Å². The number of hydrogen-bond acceptors (Lipinski definition) is 6. The summed E-state index contributed by atoms with van der Waals surface area (Å²) >= 11 is 0. The molecule has 2 rings (SSSR count). The summed E-state index contributed by atoms with van der Waals surface area (Å²) in [6, 6.07) is 5.50. The van der Waals surface area contributed by atoms with E-state index < -0.39 is 0 Å². The van der Waals surface area contributed by atoms with Gasteiger partial charge in [0.15, 0.2) is 11.5 Å². The van der Waals surface area contributed by atoms with Crippen molar-refractivity contribution in [2.24, 2.45) is 5.73 Å². The number of aromatic nitrogens is 4. The van der Waals surface area contributed by atoms with Crippen LogP contribution in [0.5, 0.6) is 11.5 Å². The van der Waals surface area contributed by atoms with Gasteiger partial charge in [-0.25, -0.2) is 0 Å². The number of tetrazole rings is 1. The van der Waals surface area contributed by atoms with Gasteiger partial charge in [-0.2, -0.15) is 4.80 Å². The van der Waals surface area contributed by atoms with E-state index in [1.807, 2.05) is 18.2 Å². The molecule has 0 atom stereocenters. The van der Waals surface area contributed by atoms with Crippen molar-refractivity contribution >= 4 is 0 Å². The van der Waals surface area contributed by atoms with Gasteiger partial charge in [0, 0.05) is 5.56 Å². The molecule has 1 heterocycles. The fourth-order valence-electron chi connectivity index (χ4n) is 1.66. The molecule has 102 valence electrons. The summed E-state index contributed by atoms with van der Waals surface area (Å²) in [6.07, 6.45) is 0.821. The fourth-order valence-corrected chi connectivity index (χ4v) is 1.66. The minimum absolute atomic E-state index is 0.554. The maximum atomic E-state index is 5.44. The van der Waals surface area contributed by atoms with Crippen LogP contribution in [-0.2, 0) is 6.54 Å². The molecule has 0 spiro atoms. The average molecular weight is 263 g/mol. The van der Waals surface area contributed by atoms with Crippen LogP contribution in [0.25, 0.3) is 11.4 Å². The van der Waals surface area contributed by atoms with E-state index in [4.69, 9.17) is 15.2 Å². The molecule has 0 unspecified atom stereocenters. The number of nitrogens with two attached hydrogens (primary N) is 1. The van der Waals surface area contributed by atoms with Gasteiger partial charge in [-0.3, -0.25) is 0 Å². The Morgan fingerprint density at radius 1 is 1.21 bits per heavy atom. The van der Waals surface area contributed by atoms with Crippen LogP contribution in [-0.4, -0.2) is 41.0 Å². The standard InChI is InChI=1S/C12H17N5O2/c1-18-10-5-4-9(8-11(10)19-2)12-14-16-17(15-12)7-3-6-13/h4-5,8H,3,6-7,13H2,1-2H3. The SMILES string of the molecule is COc1ccc(-c2nnn(CCCN)n2)cc1OC. The molecule has 0 bridgehead atoms. The lowest BCUT2D eigenvalue weighted by molar-refractivity contribution is 0.355. The van der Waals surface area contributed by atoms with Crippen molar-refractivity contribution < 1.29 is 9.47 Å². The van der Waals surface area contributed by atoms with Crippen LogP contribution >= 0.6 is 0 Å². The molecule has 1 aromatic heterocycles. The quantitative estimate of drug-likeness (QED) is 0.825. The van der Waals surface area contributed by atoms with Crippen molar-refractivity contribution in [3.63, 3.8) is 0 Å². The van der Waals surface area contributed by atoms with E-state index in [9.17, 15) is 0 Å². The zero-order chi connectivity index (χ0) is 13.7. The Kier molecular flexibility index (Phi) is 4.30. The van der Waals surface area contributed by atoms with Crippen LogP contribution in [0.1, 0.15) is 6.42 Å². The second-order valence-corrected chi connectivity index (χ2v) is 3.92. The summed E-state index contributed by atoms with van der Waals surface area (Å²) in [6.45, 7) is 1.27. The van der Waals surface area contributed by atoms with E-state index in [2.05, 4.69) is 15.4 Å². The molecule has 0 amide bonds. The Morgan fingerprint density at radius 2 is 2.00 bits per heavy atom. The molecule has 0 saturated carbocycles. The van der Waals surface area contributed by atoms with Crippen molar-refractivity contribution in [2.75, 3.05) is 20.8 Å². The number of ether oxygens (including phenoxy) is 2. The number of hydrogen-bond donors (Lipinski definition) is 1. The van der Waals surface area contributed by atoms with Gasteiger partial charge in [-0.1, -0.05) is 0 Å². The monoisotopic (exact) mass is 263 g/mol. The molecule has 7 nitrogen and oxygen atoms in total. The topological polar surface area (TPSA) is 88.1 Å². The van der Waals surface area contributed by atoms with Gasteiger partial charge in [0.05, 0.1) is 20.8 Å². The highest BCUT2D eigenvalue weighted by atomic mass is 16.5. The highest BCUT2D eigenvalue weighted by Gasteiger charge is 2.10. The summed E-state index contributed by atoms with van der Waals surface area (Å²) in [4.78, 5) is 1.54. The van der Waals surface area contributed by atoms with Gasteiger partial charge in [0.1, 0.15) is 0 Å². The van der Waals surface area contributed by atoms with Crippen molar-refractivity contribution in [2.45, 2.75) is 13.0 Å². The van der Waals surface area contributed by atoms with Crippen molar-refractivity contribution in [3.05, 3.63) is 18.2 Å². The second kappa shape index (κ2) is 6.14. The summed E-state index contributed by atoms with van der Waals surface area (Å²) in [5.74, 6) is 1.86. The lowest BCUT2D eigenvalue weighted by Gasteiger charge is -2.07. The molecule has 1 aromatic carbocycles. The van der Waals surface area contributed by atoms with E-state index in [1.165, 1.54) is 0 Å². The Morgan fingerprint density at radius 3 is 2.68 bits per heavy atom. The molecule has 2 aromatic rings. The predicted octanol–water partition coefficient (Wildman–Crippen LogP) is 0.706. The van der Waals surface area contributed by atoms with Crippen LogP contribution in [0.4, 0.5) is 0 Å². The van der Waals surface area contributed by atoms with Gasteiger partial charge in [-0.05, 0) is 36.4 Å². The minimum Gasteiger partial charge on any atom is -0.493 e. The number of methoxy groups -OCH3 is 2. The highest BCUT2D eigenvalue weighted by molar-refractivity contribution is 5.60. The first-order chi connectivity index (χ1) is 9.28. The Balaban J connectivity index is 2.23. The van der Waals surface area contributed by atoms with Crippen molar-refractivity contribution in [1.82, 2.24) is 20.2 Å². The first-order valence-electron chi connectivity index (χ1n) is 5.98. The van der Waals surface area contributed by atoms with Crippen LogP contribution in [0.3, 0.4) is 0 Å². The molecule has 0 aliphatic carbocycles. The molecule has 0 radical (unpaired) electrons. The van der Waals surface area contributed by atoms with E-state index >= 15 is 0 Å². The van der Waals surface area contributed by atoms with Crippen LogP contribution in [0.2, 0.25) is 0 Å². The molecule has 0 aliphatic rings. The van der Waals surface area contributed by atoms with E-state index in [0.29, 0.717) is 30.4 Å². The van der Waals surface area contributed by atoms with Crippen LogP contribution in [0, 0.1) is 0 Å². The highest BCUT2D eigenvalue weighted by Crippen LogP contribution is 2.30. The lowest BCUT2D eigenvalue weighted by atomic mass is 10.2. The molecular formula is C12H17N5O2. The van der Waals surface area contributed by atoms with Crippen LogP contribution in [0.15, 0.2) is 18.2 Å². The van der Waals surface area contributed by atoms with Gasteiger partial charge in [0.25, 0.3) is 0 Å².